The van der Waals surface area contributed by atoms with Crippen molar-refractivity contribution in [2.45, 2.75) is 50.4 Å². The van der Waals surface area contributed by atoms with Gasteiger partial charge in [-0.1, -0.05) is 31.2 Å². The van der Waals surface area contributed by atoms with Crippen molar-refractivity contribution in [1.29, 1.82) is 0 Å². The summed E-state index contributed by atoms with van der Waals surface area (Å²) in [5, 5.41) is 9.24. The number of hydrogen-bond acceptors (Lipinski definition) is 3. The van der Waals surface area contributed by atoms with E-state index in [9.17, 15) is 18.3 Å². The first-order valence-electron chi connectivity index (χ1n) is 7.74. The second kappa shape index (κ2) is 5.66. The zero-order valence-corrected chi connectivity index (χ0v) is 13.4. The van der Waals surface area contributed by atoms with Crippen LogP contribution in [0.4, 0.5) is 0 Å². The van der Waals surface area contributed by atoms with Crippen molar-refractivity contribution in [1.82, 2.24) is 4.31 Å². The largest absolute Gasteiger partial charge is 0.481 e. The van der Waals surface area contributed by atoms with Gasteiger partial charge < -0.3 is 5.11 Å². The molecular weight excluding hydrogens is 302 g/mol. The molecule has 5 nitrogen and oxygen atoms in total. The summed E-state index contributed by atoms with van der Waals surface area (Å²) in [6.07, 6.45) is 2.82. The van der Waals surface area contributed by atoms with Gasteiger partial charge in [-0.3, -0.25) is 4.79 Å². The Morgan fingerprint density at radius 2 is 1.86 bits per heavy atom. The highest BCUT2D eigenvalue weighted by Crippen LogP contribution is 2.44. The molecule has 3 unspecified atom stereocenters. The van der Waals surface area contributed by atoms with Crippen LogP contribution in [0.15, 0.2) is 24.3 Å². The predicted molar refractivity (Wildman–Crippen MR) is 82.8 cm³/mol. The number of rotatable bonds is 5. The van der Waals surface area contributed by atoms with Gasteiger partial charge >= 0.3 is 5.97 Å². The average Bonchev–Trinajstić information content (AvgIpc) is 3.06. The van der Waals surface area contributed by atoms with Gasteiger partial charge in [-0.15, -0.1) is 0 Å². The lowest BCUT2D eigenvalue weighted by Gasteiger charge is -2.22. The number of hydrogen-bond donors (Lipinski definition) is 1. The molecule has 3 rings (SSSR count). The lowest BCUT2D eigenvalue weighted by atomic mass is 9.89. The van der Waals surface area contributed by atoms with Gasteiger partial charge in [-0.05, 0) is 36.8 Å². The summed E-state index contributed by atoms with van der Waals surface area (Å²) in [5.74, 6) is -1.47. The topological polar surface area (TPSA) is 74.7 Å². The van der Waals surface area contributed by atoms with Gasteiger partial charge in [0, 0.05) is 12.1 Å². The quantitative estimate of drug-likeness (QED) is 0.899. The van der Waals surface area contributed by atoms with Gasteiger partial charge in [0.15, 0.2) is 0 Å². The van der Waals surface area contributed by atoms with Gasteiger partial charge in [0.05, 0.1) is 11.7 Å². The summed E-state index contributed by atoms with van der Waals surface area (Å²) in [6, 6.07) is 7.10. The van der Waals surface area contributed by atoms with Gasteiger partial charge in [0.25, 0.3) is 0 Å². The van der Waals surface area contributed by atoms with Gasteiger partial charge in [0.1, 0.15) is 0 Å². The highest BCUT2D eigenvalue weighted by molar-refractivity contribution is 7.88. The van der Waals surface area contributed by atoms with E-state index < -0.39 is 21.9 Å². The Hall–Kier alpha value is -1.40. The highest BCUT2D eigenvalue weighted by atomic mass is 32.2. The molecule has 1 N–H and O–H groups in total. The van der Waals surface area contributed by atoms with E-state index in [4.69, 9.17) is 0 Å². The number of nitrogens with zero attached hydrogens (tertiary/aromatic N) is 1. The van der Waals surface area contributed by atoms with E-state index in [1.165, 1.54) is 9.87 Å². The SMILES string of the molecule is CCc1ccc(CS(=O)(=O)N2C3CCC2C(C(=O)O)C3)cc1. The van der Waals surface area contributed by atoms with Crippen LogP contribution in [0.3, 0.4) is 0 Å². The summed E-state index contributed by atoms with van der Waals surface area (Å²) in [4.78, 5) is 11.3. The molecule has 2 fully saturated rings. The van der Waals surface area contributed by atoms with Crippen molar-refractivity contribution in [3.8, 4) is 0 Å². The van der Waals surface area contributed by atoms with Crippen molar-refractivity contribution in [2.24, 2.45) is 5.92 Å². The van der Waals surface area contributed by atoms with Crippen molar-refractivity contribution in [3.05, 3.63) is 35.4 Å². The Morgan fingerprint density at radius 1 is 1.23 bits per heavy atom. The van der Waals surface area contributed by atoms with Gasteiger partial charge in [-0.2, -0.15) is 4.31 Å². The van der Waals surface area contributed by atoms with Crippen LogP contribution in [-0.4, -0.2) is 35.9 Å². The summed E-state index contributed by atoms with van der Waals surface area (Å²) in [6.45, 7) is 2.06. The Kier molecular flexibility index (Phi) is 3.99. The van der Waals surface area contributed by atoms with Crippen LogP contribution in [0, 0.1) is 5.92 Å². The normalized spacial score (nSPS) is 28.1. The van der Waals surface area contributed by atoms with E-state index >= 15 is 0 Å². The molecule has 1 aromatic rings. The van der Waals surface area contributed by atoms with Gasteiger partial charge in [-0.25, -0.2) is 8.42 Å². The Morgan fingerprint density at radius 3 is 2.41 bits per heavy atom. The molecule has 0 saturated carbocycles. The van der Waals surface area contributed by atoms with Crippen LogP contribution in [0.25, 0.3) is 0 Å². The molecule has 2 saturated heterocycles. The maximum atomic E-state index is 12.7. The third-order valence-corrected chi connectivity index (χ3v) is 6.80. The monoisotopic (exact) mass is 323 g/mol. The molecule has 0 aromatic heterocycles. The van der Waals surface area contributed by atoms with Crippen molar-refractivity contribution in [2.75, 3.05) is 0 Å². The summed E-state index contributed by atoms with van der Waals surface area (Å²) in [7, 11) is -3.46. The molecule has 120 valence electrons. The minimum atomic E-state index is -3.46. The van der Waals surface area contributed by atoms with Crippen molar-refractivity contribution >= 4 is 16.0 Å². The summed E-state index contributed by atoms with van der Waals surface area (Å²) in [5.41, 5.74) is 1.93. The van der Waals surface area contributed by atoms with E-state index in [0.717, 1.165) is 18.4 Å². The number of aliphatic carboxylic acids is 1. The van der Waals surface area contributed by atoms with E-state index in [0.29, 0.717) is 12.8 Å². The van der Waals surface area contributed by atoms with Crippen LogP contribution in [0.2, 0.25) is 0 Å². The third-order valence-electron chi connectivity index (χ3n) is 4.89. The van der Waals surface area contributed by atoms with E-state index in [2.05, 4.69) is 6.92 Å². The molecule has 6 heteroatoms. The molecule has 0 amide bonds. The first kappa shape index (κ1) is 15.5. The third kappa shape index (κ3) is 2.65. The smallest absolute Gasteiger partial charge is 0.308 e. The van der Waals surface area contributed by atoms with Crippen LogP contribution in [-0.2, 0) is 27.0 Å². The molecule has 0 spiro atoms. The summed E-state index contributed by atoms with van der Waals surface area (Å²) < 4.78 is 26.9. The molecule has 2 bridgehead atoms. The van der Waals surface area contributed by atoms with Crippen LogP contribution in [0.5, 0.6) is 0 Å². The van der Waals surface area contributed by atoms with Crippen LogP contribution >= 0.6 is 0 Å². The molecule has 3 atom stereocenters. The number of benzene rings is 1. The average molecular weight is 323 g/mol. The fourth-order valence-electron chi connectivity index (χ4n) is 3.79. The maximum absolute atomic E-state index is 12.7. The van der Waals surface area contributed by atoms with Crippen LogP contribution < -0.4 is 0 Å². The number of carbonyl (C=O) groups is 1. The number of carboxylic acid groups (broad SMARTS) is 1. The maximum Gasteiger partial charge on any atom is 0.308 e. The van der Waals surface area contributed by atoms with Crippen LogP contribution in [0.1, 0.15) is 37.3 Å². The Bertz CT molecular complexity index is 668. The summed E-state index contributed by atoms with van der Waals surface area (Å²) >= 11 is 0. The molecular formula is C16H21NO4S. The van der Waals surface area contributed by atoms with E-state index in [-0.39, 0.29) is 17.8 Å². The number of aryl methyl sites for hydroxylation is 1. The molecule has 0 aliphatic carbocycles. The highest BCUT2D eigenvalue weighted by Gasteiger charge is 2.53. The molecule has 2 aliphatic rings. The second-order valence-electron chi connectivity index (χ2n) is 6.24. The fraction of sp³-hybridized carbons (Fsp3) is 0.562. The first-order valence-corrected chi connectivity index (χ1v) is 9.35. The molecule has 0 radical (unpaired) electrons. The standard InChI is InChI=1S/C16H21NO4S/c1-2-11-3-5-12(6-4-11)10-22(20,21)17-13-7-8-15(17)14(9-13)16(18)19/h3-6,13-15H,2,7-10H2,1H3,(H,18,19). The zero-order chi connectivity index (χ0) is 15.9. The fourth-order valence-corrected chi connectivity index (χ4v) is 5.87. The molecule has 2 heterocycles. The lowest BCUT2D eigenvalue weighted by molar-refractivity contribution is -0.142. The minimum Gasteiger partial charge on any atom is -0.481 e. The van der Waals surface area contributed by atoms with Crippen molar-refractivity contribution in [3.63, 3.8) is 0 Å². The Balaban J connectivity index is 1.80. The van der Waals surface area contributed by atoms with Gasteiger partial charge in [0.2, 0.25) is 10.0 Å². The predicted octanol–water partition coefficient (Wildman–Crippen LogP) is 2.02. The van der Waals surface area contributed by atoms with E-state index in [1.807, 2.05) is 24.3 Å². The molecule has 1 aromatic carbocycles. The Labute approximate surface area is 131 Å². The number of carboxylic acids is 1. The first-order chi connectivity index (χ1) is 10.4. The van der Waals surface area contributed by atoms with Crippen molar-refractivity contribution < 1.29 is 18.3 Å². The zero-order valence-electron chi connectivity index (χ0n) is 12.6. The molecule has 2 aliphatic heterocycles. The minimum absolute atomic E-state index is 0.0453. The number of fused-ring (bicyclic) bond motifs is 2. The number of sulfonamides is 1. The van der Waals surface area contributed by atoms with E-state index in [1.54, 1.807) is 0 Å². The second-order valence-corrected chi connectivity index (χ2v) is 8.11. The lowest BCUT2D eigenvalue weighted by Crippen LogP contribution is -2.38. The molecule has 22 heavy (non-hydrogen) atoms.